The zero-order valence-corrected chi connectivity index (χ0v) is 12.0. The summed E-state index contributed by atoms with van der Waals surface area (Å²) in [7, 11) is 0. The van der Waals surface area contributed by atoms with Crippen molar-refractivity contribution in [3.05, 3.63) is 16.2 Å². The number of pyridine rings is 1. The number of nitrogens with zero attached hydrogens (tertiary/aromatic N) is 2. The van der Waals surface area contributed by atoms with Gasteiger partial charge in [-0.15, -0.1) is 0 Å². The maximum absolute atomic E-state index is 11.9. The number of thiol groups is 1. The molecule has 2 N–H and O–H groups in total. The largest absolute Gasteiger partial charge is 0.395 e. The zero-order chi connectivity index (χ0) is 12.6. The lowest BCUT2D eigenvalue weighted by molar-refractivity contribution is -0.117. The number of rotatable bonds is 2. The third-order valence-corrected chi connectivity index (χ3v) is 4.34. The third-order valence-electron chi connectivity index (χ3n) is 3.02. The molecule has 1 aliphatic rings. The first-order valence-corrected chi connectivity index (χ1v) is 6.79. The highest BCUT2D eigenvalue weighted by atomic mass is 79.9. The average molecular weight is 316 g/mol. The molecule has 92 valence electrons. The lowest BCUT2D eigenvalue weighted by Crippen LogP contribution is -2.27. The second kappa shape index (κ2) is 4.86. The summed E-state index contributed by atoms with van der Waals surface area (Å²) in [4.78, 5) is 17.8. The van der Waals surface area contributed by atoms with E-state index in [4.69, 9.17) is 5.73 Å². The van der Waals surface area contributed by atoms with Crippen molar-refractivity contribution in [2.75, 3.05) is 22.9 Å². The highest BCUT2D eigenvalue weighted by molar-refractivity contribution is 9.10. The van der Waals surface area contributed by atoms with Crippen molar-refractivity contribution in [2.24, 2.45) is 5.92 Å². The van der Waals surface area contributed by atoms with E-state index < -0.39 is 0 Å². The topological polar surface area (TPSA) is 59.2 Å². The van der Waals surface area contributed by atoms with Gasteiger partial charge in [-0.25, -0.2) is 4.98 Å². The fourth-order valence-corrected chi connectivity index (χ4v) is 2.46. The van der Waals surface area contributed by atoms with Crippen molar-refractivity contribution < 1.29 is 4.79 Å². The highest BCUT2D eigenvalue weighted by Crippen LogP contribution is 2.32. The van der Waals surface area contributed by atoms with Crippen molar-refractivity contribution in [3.63, 3.8) is 0 Å². The molecule has 1 aromatic rings. The van der Waals surface area contributed by atoms with Gasteiger partial charge in [-0.2, -0.15) is 12.6 Å². The first kappa shape index (κ1) is 12.7. The molecule has 0 bridgehead atoms. The van der Waals surface area contributed by atoms with Crippen molar-refractivity contribution in [2.45, 2.75) is 13.3 Å². The minimum Gasteiger partial charge on any atom is -0.395 e. The number of nitrogen functional groups attached to an aromatic ring is 1. The summed E-state index contributed by atoms with van der Waals surface area (Å²) < 4.78 is 0.858. The molecule has 0 saturated carbocycles. The summed E-state index contributed by atoms with van der Waals surface area (Å²) in [6, 6.07) is 0. The molecule has 1 atom stereocenters. The average Bonchev–Trinajstić information content (AvgIpc) is 2.68. The predicted octanol–water partition coefficient (Wildman–Crippen LogP) is 2.02. The normalized spacial score (nSPS) is 20.1. The Labute approximate surface area is 114 Å². The Morgan fingerprint density at radius 1 is 1.71 bits per heavy atom. The van der Waals surface area contributed by atoms with Gasteiger partial charge >= 0.3 is 0 Å². The number of amides is 1. The van der Waals surface area contributed by atoms with Crippen molar-refractivity contribution in [1.82, 2.24) is 4.98 Å². The van der Waals surface area contributed by atoms with Gasteiger partial charge in [0.2, 0.25) is 5.91 Å². The summed E-state index contributed by atoms with van der Waals surface area (Å²) in [6.45, 7) is 2.56. The van der Waals surface area contributed by atoms with Crippen LogP contribution in [0, 0.1) is 12.8 Å². The molecule has 2 rings (SSSR count). The monoisotopic (exact) mass is 315 g/mol. The number of nitrogens with two attached hydrogens (primary N) is 1. The number of halogens is 1. The predicted molar refractivity (Wildman–Crippen MR) is 75.4 cm³/mol. The van der Waals surface area contributed by atoms with Crippen LogP contribution in [0.3, 0.4) is 0 Å². The molecule has 1 aliphatic heterocycles. The maximum atomic E-state index is 11.9. The molecule has 1 amide bonds. The SMILES string of the molecule is Cc1c(Br)cnc(N2CC(CS)CC2=O)c1N. The smallest absolute Gasteiger partial charge is 0.228 e. The molecule has 1 fully saturated rings. The zero-order valence-electron chi connectivity index (χ0n) is 9.48. The van der Waals surface area contributed by atoms with Crippen molar-refractivity contribution in [1.29, 1.82) is 0 Å². The van der Waals surface area contributed by atoms with Gasteiger partial charge in [0.1, 0.15) is 0 Å². The second-order valence-electron chi connectivity index (χ2n) is 4.23. The van der Waals surface area contributed by atoms with E-state index in [1.165, 1.54) is 0 Å². The Kier molecular flexibility index (Phi) is 3.63. The van der Waals surface area contributed by atoms with E-state index >= 15 is 0 Å². The fraction of sp³-hybridized carbons (Fsp3) is 0.455. The standard InChI is InChI=1S/C11H14BrN3OS/c1-6-8(12)3-14-11(10(6)13)15-4-7(5-17)2-9(15)16/h3,7,17H,2,4-5,13H2,1H3. The summed E-state index contributed by atoms with van der Waals surface area (Å²) in [6.07, 6.45) is 2.21. The molecule has 0 aliphatic carbocycles. The van der Waals surface area contributed by atoms with Crippen LogP contribution in [0.15, 0.2) is 10.7 Å². The van der Waals surface area contributed by atoms with Gasteiger partial charge in [-0.05, 0) is 40.1 Å². The van der Waals surface area contributed by atoms with Crippen LogP contribution in [-0.2, 0) is 4.79 Å². The molecule has 0 radical (unpaired) electrons. The van der Waals surface area contributed by atoms with Crippen LogP contribution in [0.2, 0.25) is 0 Å². The summed E-state index contributed by atoms with van der Waals surface area (Å²) in [5.41, 5.74) is 7.48. The van der Waals surface area contributed by atoms with E-state index in [9.17, 15) is 4.79 Å². The Hall–Kier alpha value is -0.750. The van der Waals surface area contributed by atoms with Crippen LogP contribution in [0.1, 0.15) is 12.0 Å². The van der Waals surface area contributed by atoms with E-state index in [0.29, 0.717) is 30.2 Å². The van der Waals surface area contributed by atoms with Crippen LogP contribution in [0.5, 0.6) is 0 Å². The Bertz CT molecular complexity index is 466. The van der Waals surface area contributed by atoms with E-state index in [1.54, 1.807) is 11.1 Å². The number of carbonyl (C=O) groups excluding carboxylic acids is 1. The number of hydrogen-bond acceptors (Lipinski definition) is 4. The molecule has 2 heterocycles. The summed E-state index contributed by atoms with van der Waals surface area (Å²) >= 11 is 7.61. The molecule has 6 heteroatoms. The van der Waals surface area contributed by atoms with Crippen LogP contribution >= 0.6 is 28.6 Å². The lowest BCUT2D eigenvalue weighted by atomic mass is 10.1. The van der Waals surface area contributed by atoms with Crippen molar-refractivity contribution >= 4 is 46.0 Å². The first-order valence-electron chi connectivity index (χ1n) is 5.36. The number of anilines is 2. The van der Waals surface area contributed by atoms with Gasteiger partial charge in [0.15, 0.2) is 5.82 Å². The molecule has 0 aromatic carbocycles. The van der Waals surface area contributed by atoms with Gasteiger partial charge in [-0.1, -0.05) is 0 Å². The van der Waals surface area contributed by atoms with Crippen LogP contribution in [0.25, 0.3) is 0 Å². The molecule has 17 heavy (non-hydrogen) atoms. The Morgan fingerprint density at radius 2 is 2.41 bits per heavy atom. The van der Waals surface area contributed by atoms with Gasteiger partial charge in [0.25, 0.3) is 0 Å². The van der Waals surface area contributed by atoms with E-state index in [0.717, 1.165) is 10.0 Å². The molecular formula is C11H14BrN3OS. The minimum atomic E-state index is 0.0740. The highest BCUT2D eigenvalue weighted by Gasteiger charge is 2.31. The van der Waals surface area contributed by atoms with Crippen LogP contribution in [-0.4, -0.2) is 23.2 Å². The molecular weight excluding hydrogens is 302 g/mol. The van der Waals surface area contributed by atoms with E-state index in [-0.39, 0.29) is 11.8 Å². The van der Waals surface area contributed by atoms with Crippen LogP contribution < -0.4 is 10.6 Å². The fourth-order valence-electron chi connectivity index (χ4n) is 1.90. The van der Waals surface area contributed by atoms with Gasteiger partial charge in [-0.3, -0.25) is 9.69 Å². The summed E-state index contributed by atoms with van der Waals surface area (Å²) in [5, 5.41) is 0. The Balaban J connectivity index is 2.35. The number of hydrogen-bond donors (Lipinski definition) is 2. The lowest BCUT2D eigenvalue weighted by Gasteiger charge is -2.18. The first-order chi connectivity index (χ1) is 8.04. The molecule has 1 aromatic heterocycles. The van der Waals surface area contributed by atoms with Gasteiger partial charge < -0.3 is 5.73 Å². The molecule has 4 nitrogen and oxygen atoms in total. The number of aromatic nitrogens is 1. The van der Waals surface area contributed by atoms with Gasteiger partial charge in [0, 0.05) is 23.6 Å². The van der Waals surface area contributed by atoms with E-state index in [2.05, 4.69) is 33.5 Å². The molecule has 1 saturated heterocycles. The second-order valence-corrected chi connectivity index (χ2v) is 5.44. The third kappa shape index (κ3) is 2.28. The van der Waals surface area contributed by atoms with Crippen LogP contribution in [0.4, 0.5) is 11.5 Å². The maximum Gasteiger partial charge on any atom is 0.228 e. The summed E-state index contributed by atoms with van der Waals surface area (Å²) in [5.74, 6) is 1.64. The number of carbonyl (C=O) groups is 1. The van der Waals surface area contributed by atoms with E-state index in [1.807, 2.05) is 6.92 Å². The van der Waals surface area contributed by atoms with Gasteiger partial charge in [0.05, 0.1) is 5.69 Å². The Morgan fingerprint density at radius 3 is 3.00 bits per heavy atom. The molecule has 1 unspecified atom stereocenters. The van der Waals surface area contributed by atoms with Crippen molar-refractivity contribution in [3.8, 4) is 0 Å². The molecule has 0 spiro atoms. The quantitative estimate of drug-likeness (QED) is 0.821. The minimum absolute atomic E-state index is 0.0740.